The second-order valence-electron chi connectivity index (χ2n) is 4.59. The summed E-state index contributed by atoms with van der Waals surface area (Å²) in [7, 11) is 0. The Morgan fingerprint density at radius 1 is 1.30 bits per heavy atom. The molecule has 1 amide bonds. The lowest BCUT2D eigenvalue weighted by atomic mass is 9.98. The Morgan fingerprint density at radius 3 is 2.78 bits per heavy atom. The van der Waals surface area contributed by atoms with Crippen LogP contribution in [0.4, 0.5) is 5.82 Å². The van der Waals surface area contributed by atoms with Crippen LogP contribution < -0.4 is 10.1 Å². The van der Waals surface area contributed by atoms with Crippen molar-refractivity contribution in [2.45, 2.75) is 6.92 Å². The molecule has 0 unspecified atom stereocenters. The van der Waals surface area contributed by atoms with Gasteiger partial charge in [0.25, 0.3) is 5.91 Å². The number of Topliss-reactive ketones (excluding diaryl/α,β-unsaturated/α-hetero) is 1. The van der Waals surface area contributed by atoms with E-state index in [0.717, 1.165) is 0 Å². The first-order chi connectivity index (χ1) is 11.2. The zero-order valence-corrected chi connectivity index (χ0v) is 12.5. The van der Waals surface area contributed by atoms with Crippen LogP contribution in [0.2, 0.25) is 0 Å². The van der Waals surface area contributed by atoms with Crippen molar-refractivity contribution in [3.8, 4) is 11.8 Å². The summed E-state index contributed by atoms with van der Waals surface area (Å²) in [5.74, 6) is -1.94. The SMILES string of the molecule is CCOc1cccc(C(=O)[C@@H](C#N)C(=O)Nc2ccccn2)c1. The van der Waals surface area contributed by atoms with Crippen molar-refractivity contribution in [3.05, 3.63) is 54.2 Å². The van der Waals surface area contributed by atoms with E-state index in [4.69, 9.17) is 4.74 Å². The van der Waals surface area contributed by atoms with Gasteiger partial charge in [0, 0.05) is 11.8 Å². The van der Waals surface area contributed by atoms with E-state index in [-0.39, 0.29) is 11.4 Å². The summed E-state index contributed by atoms with van der Waals surface area (Å²) in [6.45, 7) is 2.28. The number of anilines is 1. The number of benzene rings is 1. The van der Waals surface area contributed by atoms with Crippen LogP contribution in [-0.4, -0.2) is 23.3 Å². The molecule has 2 rings (SSSR count). The molecule has 6 heteroatoms. The minimum Gasteiger partial charge on any atom is -0.494 e. The number of hydrogen-bond acceptors (Lipinski definition) is 5. The number of ketones is 1. The van der Waals surface area contributed by atoms with Gasteiger partial charge in [-0.05, 0) is 31.2 Å². The lowest BCUT2D eigenvalue weighted by Crippen LogP contribution is -2.29. The molecule has 0 aliphatic heterocycles. The monoisotopic (exact) mass is 309 g/mol. The molecule has 0 aliphatic carbocycles. The van der Waals surface area contributed by atoms with Crippen LogP contribution in [0.3, 0.4) is 0 Å². The zero-order valence-electron chi connectivity index (χ0n) is 12.5. The fourth-order valence-electron chi connectivity index (χ4n) is 1.94. The zero-order chi connectivity index (χ0) is 16.7. The molecule has 0 saturated carbocycles. The highest BCUT2D eigenvalue weighted by molar-refractivity contribution is 6.15. The maximum Gasteiger partial charge on any atom is 0.250 e. The second kappa shape index (κ2) is 7.71. The summed E-state index contributed by atoms with van der Waals surface area (Å²) < 4.78 is 5.32. The number of nitrogens with zero attached hydrogens (tertiary/aromatic N) is 2. The summed E-state index contributed by atoms with van der Waals surface area (Å²) >= 11 is 0. The molecule has 1 heterocycles. The van der Waals surface area contributed by atoms with Gasteiger partial charge < -0.3 is 10.1 Å². The molecule has 2 aromatic rings. The van der Waals surface area contributed by atoms with Gasteiger partial charge in [0.15, 0.2) is 11.7 Å². The summed E-state index contributed by atoms with van der Waals surface area (Å²) in [4.78, 5) is 28.5. The molecule has 0 aliphatic rings. The number of ether oxygens (including phenoxy) is 1. The molecule has 0 fully saturated rings. The van der Waals surface area contributed by atoms with E-state index in [0.29, 0.717) is 12.4 Å². The first kappa shape index (κ1) is 16.2. The van der Waals surface area contributed by atoms with Crippen molar-refractivity contribution in [2.24, 2.45) is 5.92 Å². The third kappa shape index (κ3) is 4.14. The predicted octanol–water partition coefficient (Wildman–Crippen LogP) is 2.44. The fourth-order valence-corrected chi connectivity index (χ4v) is 1.94. The van der Waals surface area contributed by atoms with Crippen LogP contribution in [0.1, 0.15) is 17.3 Å². The third-order valence-corrected chi connectivity index (χ3v) is 3.00. The molecule has 0 bridgehead atoms. The molecular formula is C17H15N3O3. The lowest BCUT2D eigenvalue weighted by molar-refractivity contribution is -0.117. The number of carbonyl (C=O) groups excluding carboxylic acids is 2. The minimum absolute atomic E-state index is 0.249. The van der Waals surface area contributed by atoms with E-state index in [9.17, 15) is 14.9 Å². The summed E-state index contributed by atoms with van der Waals surface area (Å²) in [5.41, 5.74) is 0.249. The third-order valence-electron chi connectivity index (χ3n) is 3.00. The minimum atomic E-state index is -1.45. The van der Waals surface area contributed by atoms with Gasteiger partial charge >= 0.3 is 0 Å². The number of carbonyl (C=O) groups is 2. The van der Waals surface area contributed by atoms with Gasteiger partial charge in [-0.3, -0.25) is 9.59 Å². The number of nitrogens with one attached hydrogen (secondary N) is 1. The summed E-state index contributed by atoms with van der Waals surface area (Å²) in [6.07, 6.45) is 1.50. The van der Waals surface area contributed by atoms with Crippen molar-refractivity contribution in [1.29, 1.82) is 5.26 Å². The Bertz CT molecular complexity index is 738. The van der Waals surface area contributed by atoms with Crippen LogP contribution in [0.5, 0.6) is 5.75 Å². The van der Waals surface area contributed by atoms with Gasteiger partial charge in [0.05, 0.1) is 12.7 Å². The average Bonchev–Trinajstić information content (AvgIpc) is 2.57. The maximum absolute atomic E-state index is 12.4. The van der Waals surface area contributed by atoms with E-state index in [1.807, 2.05) is 6.92 Å². The van der Waals surface area contributed by atoms with E-state index >= 15 is 0 Å². The van der Waals surface area contributed by atoms with Gasteiger partial charge in [-0.2, -0.15) is 5.26 Å². The lowest BCUT2D eigenvalue weighted by Gasteiger charge is -2.10. The van der Waals surface area contributed by atoms with Gasteiger partial charge in [-0.25, -0.2) is 4.98 Å². The normalized spacial score (nSPS) is 11.1. The number of aromatic nitrogens is 1. The fraction of sp³-hybridized carbons (Fsp3) is 0.176. The second-order valence-corrected chi connectivity index (χ2v) is 4.59. The molecule has 6 nitrogen and oxygen atoms in total. The van der Waals surface area contributed by atoms with Crippen molar-refractivity contribution >= 4 is 17.5 Å². The first-order valence-corrected chi connectivity index (χ1v) is 7.04. The van der Waals surface area contributed by atoms with Crippen molar-refractivity contribution in [2.75, 3.05) is 11.9 Å². The largest absolute Gasteiger partial charge is 0.494 e. The van der Waals surface area contributed by atoms with Gasteiger partial charge in [0.1, 0.15) is 11.6 Å². The van der Waals surface area contributed by atoms with Crippen molar-refractivity contribution in [1.82, 2.24) is 4.98 Å². The quantitative estimate of drug-likeness (QED) is 0.653. The average molecular weight is 309 g/mol. The van der Waals surface area contributed by atoms with Crippen LogP contribution in [0.15, 0.2) is 48.7 Å². The van der Waals surface area contributed by atoms with Crippen LogP contribution in [0.25, 0.3) is 0 Å². The van der Waals surface area contributed by atoms with E-state index in [1.165, 1.54) is 12.3 Å². The summed E-state index contributed by atoms with van der Waals surface area (Å²) in [6, 6.07) is 13.1. The molecule has 1 aromatic heterocycles. The molecule has 1 N–H and O–H groups in total. The highest BCUT2D eigenvalue weighted by Gasteiger charge is 2.28. The van der Waals surface area contributed by atoms with E-state index in [1.54, 1.807) is 42.5 Å². The number of nitriles is 1. The molecule has 1 atom stereocenters. The Balaban J connectivity index is 2.16. The maximum atomic E-state index is 12.4. The number of hydrogen-bond donors (Lipinski definition) is 1. The van der Waals surface area contributed by atoms with Gasteiger partial charge in [-0.15, -0.1) is 0 Å². The molecule has 0 spiro atoms. The topological polar surface area (TPSA) is 92.1 Å². The first-order valence-electron chi connectivity index (χ1n) is 7.04. The van der Waals surface area contributed by atoms with Crippen molar-refractivity contribution in [3.63, 3.8) is 0 Å². The van der Waals surface area contributed by atoms with Gasteiger partial charge in [0.2, 0.25) is 0 Å². The Hall–Kier alpha value is -3.20. The highest BCUT2D eigenvalue weighted by atomic mass is 16.5. The molecule has 23 heavy (non-hydrogen) atoms. The molecule has 1 aromatic carbocycles. The summed E-state index contributed by atoms with van der Waals surface area (Å²) in [5, 5.41) is 11.7. The Kier molecular flexibility index (Phi) is 5.42. The smallest absolute Gasteiger partial charge is 0.250 e. The molecule has 0 saturated heterocycles. The Morgan fingerprint density at radius 2 is 2.13 bits per heavy atom. The molecule has 0 radical (unpaired) electrons. The number of pyridine rings is 1. The number of amides is 1. The van der Waals surface area contributed by atoms with Gasteiger partial charge in [-0.1, -0.05) is 18.2 Å². The van der Waals surface area contributed by atoms with Crippen LogP contribution >= 0.6 is 0 Å². The van der Waals surface area contributed by atoms with E-state index in [2.05, 4.69) is 10.3 Å². The van der Waals surface area contributed by atoms with Crippen LogP contribution in [-0.2, 0) is 4.79 Å². The molecule has 116 valence electrons. The van der Waals surface area contributed by atoms with Crippen molar-refractivity contribution < 1.29 is 14.3 Å². The number of rotatable bonds is 6. The predicted molar refractivity (Wildman–Crippen MR) is 83.9 cm³/mol. The Labute approximate surface area is 133 Å². The van der Waals surface area contributed by atoms with Crippen LogP contribution in [0, 0.1) is 17.2 Å². The van der Waals surface area contributed by atoms with E-state index < -0.39 is 17.6 Å². The molecular weight excluding hydrogens is 294 g/mol. The highest BCUT2D eigenvalue weighted by Crippen LogP contribution is 2.17. The standard InChI is InChI=1S/C17H15N3O3/c1-2-23-13-7-5-6-12(10-13)16(21)14(11-18)17(22)20-15-8-3-4-9-19-15/h3-10,14H,2H2,1H3,(H,19,20,22)/t14-/m1/s1.